The van der Waals surface area contributed by atoms with Crippen molar-refractivity contribution in [2.45, 2.75) is 6.42 Å². The molecule has 0 spiro atoms. The van der Waals surface area contributed by atoms with Crippen molar-refractivity contribution in [2.75, 3.05) is 49.1 Å². The summed E-state index contributed by atoms with van der Waals surface area (Å²) < 4.78 is 34.3. The highest BCUT2D eigenvalue weighted by molar-refractivity contribution is 5.86. The van der Waals surface area contributed by atoms with E-state index in [1.807, 2.05) is 29.2 Å². The van der Waals surface area contributed by atoms with E-state index in [9.17, 15) is 28.8 Å². The van der Waals surface area contributed by atoms with Gasteiger partial charge in [-0.05, 0) is 25.1 Å². The van der Waals surface area contributed by atoms with Crippen molar-refractivity contribution in [1.29, 1.82) is 0 Å². The lowest BCUT2D eigenvalue weighted by Crippen LogP contribution is -2.47. The minimum atomic E-state index is -1.54. The Hall–Kier alpha value is -3.80. The van der Waals surface area contributed by atoms with Crippen molar-refractivity contribution in [1.82, 2.24) is 9.88 Å². The van der Waals surface area contributed by atoms with E-state index in [1.165, 1.54) is 0 Å². The van der Waals surface area contributed by atoms with E-state index in [2.05, 4.69) is 9.88 Å². The van der Waals surface area contributed by atoms with E-state index in [1.54, 1.807) is 0 Å². The summed E-state index contributed by atoms with van der Waals surface area (Å²) in [5.74, 6) is -2.59. The molecule has 0 aliphatic carbocycles. The molecule has 4 rings (SSSR count). The van der Waals surface area contributed by atoms with Gasteiger partial charge in [-0.3, -0.25) is 19.9 Å². The molecule has 33 heavy (non-hydrogen) atoms. The van der Waals surface area contributed by atoms with Crippen LogP contribution in [0, 0.1) is 21.7 Å². The van der Waals surface area contributed by atoms with Gasteiger partial charge in [0.2, 0.25) is 0 Å². The normalized spacial score (nSPS) is 14.5. The fraction of sp³-hybridized carbons (Fsp3) is 0.333. The van der Waals surface area contributed by atoms with Gasteiger partial charge >= 0.3 is 6.09 Å². The third-order valence-electron chi connectivity index (χ3n) is 5.49. The summed E-state index contributed by atoms with van der Waals surface area (Å²) in [7, 11) is 0. The largest absolute Gasteiger partial charge is 0.465 e. The fourth-order valence-corrected chi connectivity index (χ4v) is 3.83. The van der Waals surface area contributed by atoms with Crippen molar-refractivity contribution >= 4 is 34.6 Å². The van der Waals surface area contributed by atoms with Gasteiger partial charge in [0.25, 0.3) is 11.7 Å². The number of carboxylic acid groups (broad SMARTS) is 1. The van der Waals surface area contributed by atoms with Crippen molar-refractivity contribution in [3.05, 3.63) is 58.1 Å². The van der Waals surface area contributed by atoms with E-state index in [0.29, 0.717) is 62.2 Å². The van der Waals surface area contributed by atoms with Gasteiger partial charge in [-0.25, -0.2) is 13.6 Å². The maximum absolute atomic E-state index is 14.3. The molecule has 0 saturated carbocycles. The van der Waals surface area contributed by atoms with Gasteiger partial charge in [0.15, 0.2) is 17.2 Å². The lowest BCUT2D eigenvalue weighted by atomic mass is 10.2. The molecule has 2 aromatic carbocycles. The summed E-state index contributed by atoms with van der Waals surface area (Å²) in [5, 5.41) is 20.2. The second-order valence-electron chi connectivity index (χ2n) is 7.60. The third kappa shape index (κ3) is 4.85. The van der Waals surface area contributed by atoms with E-state index in [-0.39, 0.29) is 6.54 Å². The molecule has 3 aromatic rings. The minimum Gasteiger partial charge on any atom is -0.465 e. The Morgan fingerprint density at radius 2 is 1.85 bits per heavy atom. The number of amides is 1. The van der Waals surface area contributed by atoms with Crippen LogP contribution in [0.15, 0.2) is 40.8 Å². The van der Waals surface area contributed by atoms with Crippen LogP contribution in [0.1, 0.15) is 6.42 Å². The highest BCUT2D eigenvalue weighted by atomic mass is 19.1. The first-order chi connectivity index (χ1) is 15.8. The number of anilines is 2. The molecular weight excluding hydrogens is 440 g/mol. The van der Waals surface area contributed by atoms with Gasteiger partial charge in [-0.15, -0.1) is 0 Å². The topological polar surface area (TPSA) is 116 Å². The average molecular weight is 461 g/mol. The number of carbonyl (C=O) groups is 1. The monoisotopic (exact) mass is 461 g/mol. The molecule has 0 unspecified atom stereocenters. The summed E-state index contributed by atoms with van der Waals surface area (Å²) in [4.78, 5) is 30.6. The number of para-hydroxylation sites is 2. The Morgan fingerprint density at radius 3 is 2.45 bits per heavy atom. The van der Waals surface area contributed by atoms with Gasteiger partial charge in [-0.1, -0.05) is 12.1 Å². The molecular formula is C21H21F2N5O5. The van der Waals surface area contributed by atoms with Crippen molar-refractivity contribution < 1.29 is 28.0 Å². The quantitative estimate of drug-likeness (QED) is 0.418. The van der Waals surface area contributed by atoms with Crippen LogP contribution in [-0.4, -0.2) is 65.3 Å². The lowest BCUT2D eigenvalue weighted by molar-refractivity contribution is -0.385. The number of hydrogen-bond donors (Lipinski definition) is 1. The second-order valence-corrected chi connectivity index (χ2v) is 7.60. The number of non-ortho nitro benzene ring substituents is 1. The SMILES string of the molecule is O=C(O)N(CCCN1CCN(c2nc3ccccc3o2)CC1)c1c(F)cc([N+](=O)[O-])cc1F. The smallest absolute Gasteiger partial charge is 0.411 e. The number of nitrogens with zero attached hydrogens (tertiary/aromatic N) is 5. The van der Waals surface area contributed by atoms with Crippen LogP contribution in [0.4, 0.5) is 31.0 Å². The molecule has 1 N–H and O–H groups in total. The highest BCUT2D eigenvalue weighted by Crippen LogP contribution is 2.29. The Balaban J connectivity index is 1.33. The zero-order valence-electron chi connectivity index (χ0n) is 17.5. The molecule has 1 aliphatic rings. The predicted octanol–water partition coefficient (Wildman–Crippen LogP) is 3.71. The van der Waals surface area contributed by atoms with E-state index in [0.717, 1.165) is 11.1 Å². The molecule has 1 saturated heterocycles. The van der Waals surface area contributed by atoms with Crippen LogP contribution in [0.2, 0.25) is 0 Å². The molecule has 0 radical (unpaired) electrons. The van der Waals surface area contributed by atoms with Crippen molar-refractivity contribution in [3.8, 4) is 0 Å². The minimum absolute atomic E-state index is 0.160. The van der Waals surface area contributed by atoms with Gasteiger partial charge in [-0.2, -0.15) is 4.98 Å². The number of hydrogen-bond acceptors (Lipinski definition) is 7. The van der Waals surface area contributed by atoms with Crippen LogP contribution < -0.4 is 9.80 Å². The predicted molar refractivity (Wildman–Crippen MR) is 116 cm³/mol. The van der Waals surface area contributed by atoms with Crippen LogP contribution in [-0.2, 0) is 0 Å². The summed E-state index contributed by atoms with van der Waals surface area (Å²) >= 11 is 0. The first kappa shape index (κ1) is 22.4. The fourth-order valence-electron chi connectivity index (χ4n) is 3.83. The molecule has 12 heteroatoms. The van der Waals surface area contributed by atoms with Crippen LogP contribution in [0.3, 0.4) is 0 Å². The van der Waals surface area contributed by atoms with Crippen LogP contribution in [0.5, 0.6) is 0 Å². The van der Waals surface area contributed by atoms with E-state index >= 15 is 0 Å². The van der Waals surface area contributed by atoms with Crippen LogP contribution >= 0.6 is 0 Å². The Bertz CT molecular complexity index is 1120. The Kier molecular flexibility index (Phi) is 6.36. The van der Waals surface area contributed by atoms with Gasteiger partial charge in [0.1, 0.15) is 11.2 Å². The Labute approximate surface area is 186 Å². The average Bonchev–Trinajstić information content (AvgIpc) is 3.22. The molecule has 1 aliphatic heterocycles. The molecule has 0 bridgehead atoms. The van der Waals surface area contributed by atoms with Gasteiger partial charge < -0.3 is 14.4 Å². The van der Waals surface area contributed by atoms with Gasteiger partial charge in [0.05, 0.1) is 17.1 Å². The molecule has 0 atom stereocenters. The van der Waals surface area contributed by atoms with Crippen molar-refractivity contribution in [3.63, 3.8) is 0 Å². The molecule has 2 heterocycles. The molecule has 174 valence electrons. The zero-order valence-corrected chi connectivity index (χ0v) is 17.5. The zero-order chi connectivity index (χ0) is 23.5. The number of nitro benzene ring substituents is 1. The van der Waals surface area contributed by atoms with E-state index < -0.39 is 34.0 Å². The number of nitro groups is 1. The molecule has 1 aromatic heterocycles. The number of piperazine rings is 1. The maximum Gasteiger partial charge on any atom is 0.411 e. The lowest BCUT2D eigenvalue weighted by Gasteiger charge is -2.34. The number of aromatic nitrogens is 1. The highest BCUT2D eigenvalue weighted by Gasteiger charge is 2.26. The molecule has 1 fully saturated rings. The second kappa shape index (κ2) is 9.36. The molecule has 1 amide bonds. The number of halogens is 2. The summed E-state index contributed by atoms with van der Waals surface area (Å²) in [6.07, 6.45) is -1.21. The standard InChI is InChI=1S/C21H21F2N5O5/c22-15-12-14(28(31)32)13-16(23)19(15)27(21(29)30)7-3-6-25-8-10-26(11-9-25)20-24-17-4-1-2-5-18(17)33-20/h1-2,4-5,12-13H,3,6-11H2,(H,29,30). The third-order valence-corrected chi connectivity index (χ3v) is 5.49. The van der Waals surface area contributed by atoms with E-state index in [4.69, 9.17) is 4.42 Å². The summed E-state index contributed by atoms with van der Waals surface area (Å²) in [6.45, 7) is 3.06. The van der Waals surface area contributed by atoms with Crippen LogP contribution in [0.25, 0.3) is 11.1 Å². The Morgan fingerprint density at radius 1 is 1.18 bits per heavy atom. The first-order valence-electron chi connectivity index (χ1n) is 10.3. The molecule has 10 nitrogen and oxygen atoms in total. The number of benzene rings is 2. The summed E-state index contributed by atoms with van der Waals surface area (Å²) in [5.41, 5.74) is -0.0893. The van der Waals surface area contributed by atoms with Crippen molar-refractivity contribution in [2.24, 2.45) is 0 Å². The number of rotatable bonds is 7. The van der Waals surface area contributed by atoms with Gasteiger partial charge in [0, 0.05) is 32.7 Å². The maximum atomic E-state index is 14.3. The summed E-state index contributed by atoms with van der Waals surface area (Å²) in [6, 6.07) is 9.08. The number of fused-ring (bicyclic) bond motifs is 1. The number of oxazole rings is 1. The first-order valence-corrected chi connectivity index (χ1v) is 10.3.